The number of amides is 4. The van der Waals surface area contributed by atoms with Crippen molar-refractivity contribution in [1.82, 2.24) is 35.9 Å². The van der Waals surface area contributed by atoms with Gasteiger partial charge in [0.2, 0.25) is 11.8 Å². The molecule has 5 aromatic rings. The second-order valence-corrected chi connectivity index (χ2v) is 18.2. The zero-order valence-corrected chi connectivity index (χ0v) is 36.2. The smallest absolute Gasteiger partial charge is 0.328 e. The molecular formula is C48H55N11O4. The molecule has 1 aliphatic carbocycles. The average molecular weight is 850 g/mol. The number of piperazine rings is 1. The van der Waals surface area contributed by atoms with Gasteiger partial charge in [-0.25, -0.2) is 4.79 Å². The van der Waals surface area contributed by atoms with Crippen molar-refractivity contribution in [3.05, 3.63) is 101 Å². The third kappa shape index (κ3) is 8.41. The number of carbonyl (C=O) groups is 3. The molecule has 10 rings (SSSR count). The molecular weight excluding hydrogens is 795 g/mol. The number of piperidine rings is 1. The number of aromatic amines is 1. The summed E-state index contributed by atoms with van der Waals surface area (Å²) >= 11 is 0. The number of H-pyrrole nitrogens is 1. The van der Waals surface area contributed by atoms with E-state index in [2.05, 4.69) is 126 Å². The van der Waals surface area contributed by atoms with Gasteiger partial charge in [0.25, 0.3) is 11.7 Å². The first kappa shape index (κ1) is 40.6. The number of benzene rings is 3. The minimum Gasteiger partial charge on any atom is -0.372 e. The van der Waals surface area contributed by atoms with E-state index < -0.39 is 0 Å². The lowest BCUT2D eigenvalue weighted by molar-refractivity contribution is -0.120. The number of urea groups is 1. The van der Waals surface area contributed by atoms with Crippen LogP contribution in [-0.4, -0.2) is 102 Å². The summed E-state index contributed by atoms with van der Waals surface area (Å²) in [6, 6.07) is 22.8. The van der Waals surface area contributed by atoms with Gasteiger partial charge in [-0.05, 0) is 116 Å². The third-order valence-corrected chi connectivity index (χ3v) is 13.8. The summed E-state index contributed by atoms with van der Waals surface area (Å²) in [5, 5.41) is 20.8. The molecule has 15 nitrogen and oxygen atoms in total. The number of imide groups is 1. The maximum atomic E-state index is 13.0. The molecule has 4 N–H and O–H groups in total. The van der Waals surface area contributed by atoms with Crippen LogP contribution in [-0.2, 0) is 10.2 Å². The van der Waals surface area contributed by atoms with E-state index in [-0.39, 0.29) is 35.1 Å². The van der Waals surface area contributed by atoms with Crippen molar-refractivity contribution >= 4 is 52.4 Å². The monoisotopic (exact) mass is 849 g/mol. The number of aromatic nitrogens is 4. The molecule has 63 heavy (non-hydrogen) atoms. The molecule has 0 bridgehead atoms. The molecule has 5 aliphatic rings. The van der Waals surface area contributed by atoms with Crippen LogP contribution in [0, 0.1) is 12.8 Å². The second kappa shape index (κ2) is 16.7. The van der Waals surface area contributed by atoms with E-state index in [0.29, 0.717) is 31.3 Å². The van der Waals surface area contributed by atoms with Crippen LogP contribution >= 0.6 is 0 Å². The van der Waals surface area contributed by atoms with Crippen LogP contribution in [0.4, 0.5) is 27.7 Å². The first-order valence-electron chi connectivity index (χ1n) is 22.4. The Morgan fingerprint density at radius 3 is 2.27 bits per heavy atom. The summed E-state index contributed by atoms with van der Waals surface area (Å²) in [6.07, 6.45) is 6.91. The normalized spacial score (nSPS) is 19.5. The molecule has 3 saturated heterocycles. The Morgan fingerprint density at radius 2 is 1.57 bits per heavy atom. The highest BCUT2D eigenvalue weighted by Gasteiger charge is 2.45. The zero-order valence-electron chi connectivity index (χ0n) is 36.2. The molecule has 4 fully saturated rings. The standard InChI is InChI=1S/C48H55N11O4/c1-30-26-34(6-13-39(30)31(2)50-45(61)44-52-46(63-55-44)48(3)17-18-48)42-40-27-35(28-49-43(40)54-53-42)33-4-7-36(8-5-33)58-24-22-56(23-25-58)29-32-14-19-57(20-15-32)37-9-11-38(12-10-37)59-21-16-41(60)51-47(59)62/h4-13,26-27,31-32H,14-25,28-29H2,1-3H3,(H,50,61)(H2,49,53,54)(H,51,60,62)/t31-/m1/s1. The van der Waals surface area contributed by atoms with Gasteiger partial charge in [-0.2, -0.15) is 10.1 Å². The number of rotatable bonds is 11. The van der Waals surface area contributed by atoms with Gasteiger partial charge in [0, 0.05) is 98.9 Å². The zero-order chi connectivity index (χ0) is 43.2. The Hall–Kier alpha value is -6.48. The summed E-state index contributed by atoms with van der Waals surface area (Å²) in [7, 11) is 0. The van der Waals surface area contributed by atoms with Crippen LogP contribution in [0.5, 0.6) is 0 Å². The van der Waals surface area contributed by atoms with E-state index in [1.54, 1.807) is 4.90 Å². The fraction of sp³-hybridized carbons (Fsp3) is 0.417. The highest BCUT2D eigenvalue weighted by Crippen LogP contribution is 2.46. The number of anilines is 4. The molecule has 2 aromatic heterocycles. The molecule has 6 heterocycles. The van der Waals surface area contributed by atoms with Crippen LogP contribution < -0.4 is 30.7 Å². The van der Waals surface area contributed by atoms with Crippen molar-refractivity contribution in [3.8, 4) is 11.3 Å². The van der Waals surface area contributed by atoms with Crippen LogP contribution in [0.1, 0.15) is 90.8 Å². The lowest BCUT2D eigenvalue weighted by Gasteiger charge is -2.40. The predicted molar refractivity (Wildman–Crippen MR) is 244 cm³/mol. The number of nitrogens with zero attached hydrogens (tertiary/aromatic N) is 7. The highest BCUT2D eigenvalue weighted by molar-refractivity contribution is 6.05. The van der Waals surface area contributed by atoms with Gasteiger partial charge in [0.15, 0.2) is 5.82 Å². The first-order valence-corrected chi connectivity index (χ1v) is 22.4. The van der Waals surface area contributed by atoms with Gasteiger partial charge < -0.3 is 25.0 Å². The molecule has 1 atom stereocenters. The molecule has 3 aromatic carbocycles. The molecule has 4 aliphatic heterocycles. The summed E-state index contributed by atoms with van der Waals surface area (Å²) in [6.45, 7) is 14.6. The Morgan fingerprint density at radius 1 is 0.889 bits per heavy atom. The lowest BCUT2D eigenvalue weighted by Crippen LogP contribution is -2.49. The van der Waals surface area contributed by atoms with Gasteiger partial charge in [-0.3, -0.25) is 29.8 Å². The molecule has 15 heteroatoms. The molecule has 326 valence electrons. The Labute approximate surface area is 367 Å². The van der Waals surface area contributed by atoms with E-state index in [1.165, 1.54) is 35.4 Å². The Balaban J connectivity index is 0.707. The molecule has 0 unspecified atom stereocenters. The number of aryl methyl sites for hydroxylation is 1. The molecule has 4 amide bonds. The van der Waals surface area contributed by atoms with Crippen LogP contribution in [0.15, 0.2) is 71.3 Å². The number of carbonyl (C=O) groups excluding carboxylic acids is 3. The van der Waals surface area contributed by atoms with Gasteiger partial charge >= 0.3 is 6.03 Å². The van der Waals surface area contributed by atoms with Crippen molar-refractivity contribution in [2.75, 3.05) is 78.9 Å². The summed E-state index contributed by atoms with van der Waals surface area (Å²) in [5.74, 6) is 1.58. The summed E-state index contributed by atoms with van der Waals surface area (Å²) < 4.78 is 5.38. The van der Waals surface area contributed by atoms with Crippen molar-refractivity contribution in [3.63, 3.8) is 0 Å². The van der Waals surface area contributed by atoms with Crippen LogP contribution in [0.25, 0.3) is 22.9 Å². The maximum Gasteiger partial charge on any atom is 0.328 e. The van der Waals surface area contributed by atoms with E-state index in [9.17, 15) is 14.4 Å². The van der Waals surface area contributed by atoms with Crippen molar-refractivity contribution in [2.45, 2.75) is 64.3 Å². The highest BCUT2D eigenvalue weighted by atomic mass is 16.5. The maximum absolute atomic E-state index is 13.0. The topological polar surface area (TPSA) is 168 Å². The minimum absolute atomic E-state index is 0.0710. The number of fused-ring (bicyclic) bond motifs is 1. The van der Waals surface area contributed by atoms with E-state index >= 15 is 0 Å². The average Bonchev–Trinajstić information content (AvgIpc) is 3.64. The minimum atomic E-state index is -0.347. The summed E-state index contributed by atoms with van der Waals surface area (Å²) in [5.41, 5.74) is 10.7. The quantitative estimate of drug-likeness (QED) is 0.111. The van der Waals surface area contributed by atoms with E-state index in [4.69, 9.17) is 4.52 Å². The number of hydrogen-bond donors (Lipinski definition) is 4. The molecule has 0 radical (unpaired) electrons. The van der Waals surface area contributed by atoms with Gasteiger partial charge in [0.1, 0.15) is 0 Å². The first-order chi connectivity index (χ1) is 30.6. The van der Waals surface area contributed by atoms with Gasteiger partial charge in [-0.1, -0.05) is 36.3 Å². The van der Waals surface area contributed by atoms with Gasteiger partial charge in [0.05, 0.1) is 11.7 Å². The largest absolute Gasteiger partial charge is 0.372 e. The molecule has 0 spiro atoms. The van der Waals surface area contributed by atoms with Crippen LogP contribution in [0.2, 0.25) is 0 Å². The fourth-order valence-corrected chi connectivity index (χ4v) is 9.52. The molecule has 1 saturated carbocycles. The lowest BCUT2D eigenvalue weighted by atomic mass is 9.95. The SMILES string of the molecule is Cc1cc(-c2[nH]nc3c2C=C(c2ccc(N4CCN(CC5CCN(c6ccc(N7CCC(=O)NC7=O)cc6)CC5)CC4)cc2)CN3)ccc1[C@@H](C)NC(=O)c1noc(C2(C)CC2)n1. The predicted octanol–water partition coefficient (Wildman–Crippen LogP) is 6.76. The van der Waals surface area contributed by atoms with Crippen LogP contribution in [0.3, 0.4) is 0 Å². The Kier molecular flexibility index (Phi) is 10.7. The van der Waals surface area contributed by atoms with Crippen molar-refractivity contribution in [2.24, 2.45) is 5.92 Å². The second-order valence-electron chi connectivity index (χ2n) is 18.2. The third-order valence-electron chi connectivity index (χ3n) is 13.8. The Bertz CT molecular complexity index is 2540. The van der Waals surface area contributed by atoms with Crippen molar-refractivity contribution in [1.29, 1.82) is 0 Å². The van der Waals surface area contributed by atoms with Crippen molar-refractivity contribution < 1.29 is 18.9 Å². The number of hydrogen-bond acceptors (Lipinski definition) is 11. The van der Waals surface area contributed by atoms with E-state index in [0.717, 1.165) is 98.1 Å². The fourth-order valence-electron chi connectivity index (χ4n) is 9.52. The van der Waals surface area contributed by atoms with E-state index in [1.807, 2.05) is 19.1 Å². The summed E-state index contributed by atoms with van der Waals surface area (Å²) in [4.78, 5) is 50.4. The van der Waals surface area contributed by atoms with Gasteiger partial charge in [-0.15, -0.1) is 0 Å². The number of nitrogens with one attached hydrogen (secondary N) is 4.